The summed E-state index contributed by atoms with van der Waals surface area (Å²) in [5.41, 5.74) is 9.03. The van der Waals surface area contributed by atoms with E-state index in [0.717, 1.165) is 17.5 Å². The number of rotatable bonds is 4. The molecule has 1 aromatic rings. The number of carbonyl (C=O) groups is 1. The van der Waals surface area contributed by atoms with Crippen LogP contribution in [-0.4, -0.2) is 12.6 Å². The summed E-state index contributed by atoms with van der Waals surface area (Å²) in [7, 11) is 0. The molecule has 0 saturated heterocycles. The van der Waals surface area contributed by atoms with Crippen LogP contribution in [0.4, 0.5) is 5.69 Å². The minimum Gasteiger partial charge on any atom is -0.462 e. The van der Waals surface area contributed by atoms with Crippen molar-refractivity contribution in [3.05, 3.63) is 34.9 Å². The maximum Gasteiger partial charge on any atom is 0.333 e. The highest BCUT2D eigenvalue weighted by Crippen LogP contribution is 2.16. The highest BCUT2D eigenvalue weighted by molar-refractivity contribution is 5.93. The fourth-order valence-electron chi connectivity index (χ4n) is 1.42. The molecule has 0 unspecified atom stereocenters. The molecule has 0 heterocycles. The summed E-state index contributed by atoms with van der Waals surface area (Å²) in [6.07, 6.45) is 2.64. The van der Waals surface area contributed by atoms with Crippen molar-refractivity contribution in [2.24, 2.45) is 0 Å². The van der Waals surface area contributed by atoms with Crippen molar-refractivity contribution in [1.82, 2.24) is 0 Å². The van der Waals surface area contributed by atoms with Gasteiger partial charge in [0.05, 0.1) is 6.61 Å². The lowest BCUT2D eigenvalue weighted by molar-refractivity contribution is -0.138. The third-order valence-electron chi connectivity index (χ3n) is 2.43. The Balaban J connectivity index is 2.86. The third kappa shape index (κ3) is 3.94. The summed E-state index contributed by atoms with van der Waals surface area (Å²) in [5, 5.41) is 0. The molecule has 0 aliphatic carbocycles. The maximum atomic E-state index is 11.6. The zero-order valence-electron chi connectivity index (χ0n) is 10.6. The molecule has 0 spiro atoms. The first-order chi connectivity index (χ1) is 8.04. The van der Waals surface area contributed by atoms with Gasteiger partial charge >= 0.3 is 5.97 Å². The predicted molar refractivity (Wildman–Crippen MR) is 70.5 cm³/mol. The summed E-state index contributed by atoms with van der Waals surface area (Å²) >= 11 is 0. The lowest BCUT2D eigenvalue weighted by Crippen LogP contribution is -2.06. The Morgan fingerprint density at radius 2 is 2.18 bits per heavy atom. The van der Waals surface area contributed by atoms with Crippen LogP contribution in [0.25, 0.3) is 6.08 Å². The van der Waals surface area contributed by atoms with Crippen LogP contribution in [0.15, 0.2) is 23.8 Å². The van der Waals surface area contributed by atoms with Gasteiger partial charge in [0.1, 0.15) is 0 Å². The summed E-state index contributed by atoms with van der Waals surface area (Å²) in [6, 6.07) is 5.63. The van der Waals surface area contributed by atoms with E-state index in [0.29, 0.717) is 17.9 Å². The Bertz CT molecular complexity index is 436. The van der Waals surface area contributed by atoms with Crippen LogP contribution in [-0.2, 0) is 9.53 Å². The van der Waals surface area contributed by atoms with Crippen LogP contribution >= 0.6 is 0 Å². The van der Waals surface area contributed by atoms with Gasteiger partial charge in [0.15, 0.2) is 0 Å². The maximum absolute atomic E-state index is 11.6. The van der Waals surface area contributed by atoms with Gasteiger partial charge < -0.3 is 10.5 Å². The topological polar surface area (TPSA) is 52.3 Å². The van der Waals surface area contributed by atoms with Crippen LogP contribution in [0.2, 0.25) is 0 Å². The van der Waals surface area contributed by atoms with E-state index in [1.807, 2.05) is 38.1 Å². The van der Waals surface area contributed by atoms with E-state index in [9.17, 15) is 4.79 Å². The highest BCUT2D eigenvalue weighted by Gasteiger charge is 2.06. The van der Waals surface area contributed by atoms with Crippen LogP contribution in [0, 0.1) is 6.92 Å². The fraction of sp³-hybridized carbons (Fsp3) is 0.357. The van der Waals surface area contributed by atoms with Gasteiger partial charge in [-0.15, -0.1) is 0 Å². The molecule has 3 heteroatoms. The van der Waals surface area contributed by atoms with Crippen LogP contribution in [0.1, 0.15) is 31.4 Å². The number of ether oxygens (including phenoxy) is 1. The second-order valence-electron chi connectivity index (χ2n) is 4.08. The molecule has 0 saturated carbocycles. The SMILES string of the molecule is CCCOC(=O)/C(C)=C/c1cc(N)ccc1C. The van der Waals surface area contributed by atoms with Gasteiger partial charge in [0, 0.05) is 11.3 Å². The minimum atomic E-state index is -0.270. The van der Waals surface area contributed by atoms with Crippen molar-refractivity contribution in [3.63, 3.8) is 0 Å². The Hall–Kier alpha value is -1.77. The first-order valence-corrected chi connectivity index (χ1v) is 5.76. The zero-order valence-corrected chi connectivity index (χ0v) is 10.6. The number of esters is 1. The predicted octanol–water partition coefficient (Wildman–Crippen LogP) is 2.93. The number of carbonyl (C=O) groups excluding carboxylic acids is 1. The molecule has 0 aliphatic heterocycles. The van der Waals surface area contributed by atoms with E-state index in [2.05, 4.69) is 0 Å². The average Bonchev–Trinajstić information content (AvgIpc) is 2.30. The number of nitrogens with two attached hydrogens (primary N) is 1. The van der Waals surface area contributed by atoms with Crippen molar-refractivity contribution >= 4 is 17.7 Å². The van der Waals surface area contributed by atoms with E-state index in [4.69, 9.17) is 10.5 Å². The van der Waals surface area contributed by atoms with Gasteiger partial charge in [-0.3, -0.25) is 0 Å². The number of benzene rings is 1. The van der Waals surface area contributed by atoms with Crippen LogP contribution < -0.4 is 5.73 Å². The summed E-state index contributed by atoms with van der Waals surface area (Å²) in [5.74, 6) is -0.270. The first kappa shape index (κ1) is 13.3. The standard InChI is InChI=1S/C14H19NO2/c1-4-7-17-14(16)11(3)8-12-9-13(15)6-5-10(12)2/h5-6,8-9H,4,7,15H2,1-3H3/b11-8+. The molecular weight excluding hydrogens is 214 g/mol. The van der Waals surface area contributed by atoms with E-state index in [1.165, 1.54) is 0 Å². The van der Waals surface area contributed by atoms with Gasteiger partial charge in [-0.1, -0.05) is 13.0 Å². The molecule has 17 heavy (non-hydrogen) atoms. The smallest absolute Gasteiger partial charge is 0.333 e. The van der Waals surface area contributed by atoms with Crippen molar-refractivity contribution in [3.8, 4) is 0 Å². The second kappa shape index (κ2) is 6.09. The molecule has 3 nitrogen and oxygen atoms in total. The van der Waals surface area contributed by atoms with Crippen molar-refractivity contribution in [2.45, 2.75) is 27.2 Å². The molecule has 0 radical (unpaired) electrons. The minimum absolute atomic E-state index is 0.270. The van der Waals surface area contributed by atoms with Gasteiger partial charge in [-0.25, -0.2) is 4.79 Å². The molecule has 0 aliphatic rings. The Kier molecular flexibility index (Phi) is 4.76. The van der Waals surface area contributed by atoms with Crippen molar-refractivity contribution in [2.75, 3.05) is 12.3 Å². The van der Waals surface area contributed by atoms with Crippen molar-refractivity contribution in [1.29, 1.82) is 0 Å². The number of aryl methyl sites for hydroxylation is 1. The summed E-state index contributed by atoms with van der Waals surface area (Å²) < 4.78 is 5.06. The molecule has 0 atom stereocenters. The van der Waals surface area contributed by atoms with E-state index < -0.39 is 0 Å². The number of nitrogen functional groups attached to an aromatic ring is 1. The highest BCUT2D eigenvalue weighted by atomic mass is 16.5. The number of hydrogen-bond acceptors (Lipinski definition) is 3. The summed E-state index contributed by atoms with van der Waals surface area (Å²) in [4.78, 5) is 11.6. The Labute approximate surface area is 102 Å². The fourth-order valence-corrected chi connectivity index (χ4v) is 1.42. The van der Waals surface area contributed by atoms with Crippen molar-refractivity contribution < 1.29 is 9.53 Å². The molecule has 0 fully saturated rings. The molecule has 0 bridgehead atoms. The van der Waals surface area contributed by atoms with Gasteiger partial charge in [0.25, 0.3) is 0 Å². The summed E-state index contributed by atoms with van der Waals surface area (Å²) in [6.45, 7) is 6.16. The quantitative estimate of drug-likeness (QED) is 0.494. The average molecular weight is 233 g/mol. The van der Waals surface area contributed by atoms with Gasteiger partial charge in [-0.05, 0) is 49.6 Å². The molecule has 0 aromatic heterocycles. The van der Waals surface area contributed by atoms with E-state index >= 15 is 0 Å². The monoisotopic (exact) mass is 233 g/mol. The van der Waals surface area contributed by atoms with Crippen LogP contribution in [0.3, 0.4) is 0 Å². The third-order valence-corrected chi connectivity index (χ3v) is 2.43. The molecular formula is C14H19NO2. The zero-order chi connectivity index (χ0) is 12.8. The molecule has 1 aromatic carbocycles. The number of anilines is 1. The Morgan fingerprint density at radius 3 is 2.82 bits per heavy atom. The molecule has 0 amide bonds. The van der Waals surface area contributed by atoms with E-state index in [-0.39, 0.29) is 5.97 Å². The van der Waals surface area contributed by atoms with E-state index in [1.54, 1.807) is 6.92 Å². The first-order valence-electron chi connectivity index (χ1n) is 5.76. The van der Waals surface area contributed by atoms with Gasteiger partial charge in [-0.2, -0.15) is 0 Å². The molecule has 1 rings (SSSR count). The second-order valence-corrected chi connectivity index (χ2v) is 4.08. The lowest BCUT2D eigenvalue weighted by Gasteiger charge is -2.05. The van der Waals surface area contributed by atoms with Gasteiger partial charge in [0.2, 0.25) is 0 Å². The number of hydrogen-bond donors (Lipinski definition) is 1. The Morgan fingerprint density at radius 1 is 1.47 bits per heavy atom. The largest absolute Gasteiger partial charge is 0.462 e. The molecule has 92 valence electrons. The lowest BCUT2D eigenvalue weighted by atomic mass is 10.1. The molecule has 2 N–H and O–H groups in total. The normalized spacial score (nSPS) is 11.4. The van der Waals surface area contributed by atoms with Crippen LogP contribution in [0.5, 0.6) is 0 Å².